The molecule has 2 N–H and O–H groups in total. The van der Waals surface area contributed by atoms with Crippen LogP contribution in [0.3, 0.4) is 0 Å². The van der Waals surface area contributed by atoms with Crippen LogP contribution < -0.4 is 10.6 Å². The summed E-state index contributed by atoms with van der Waals surface area (Å²) in [7, 11) is 0. The Morgan fingerprint density at radius 2 is 2.04 bits per heavy atom. The lowest BCUT2D eigenvalue weighted by molar-refractivity contribution is -0.122. The standard InChI is InChI=1S/C16H24N4O4/c1-15(2,3)23-14(22)19-16(7-4-8-16)13-18-11(24-20-13)9-17-12(21)10-5-6-10/h10H,4-9H2,1-3H3,(H,17,21)(H,19,22). The van der Waals surface area contributed by atoms with Gasteiger partial charge in [0.15, 0.2) is 5.82 Å². The Morgan fingerprint density at radius 3 is 2.58 bits per heavy atom. The van der Waals surface area contributed by atoms with Gasteiger partial charge in [-0.15, -0.1) is 0 Å². The largest absolute Gasteiger partial charge is 0.444 e. The maximum atomic E-state index is 12.1. The zero-order valence-electron chi connectivity index (χ0n) is 14.3. The van der Waals surface area contributed by atoms with Crippen LogP contribution in [0.15, 0.2) is 4.52 Å². The predicted octanol–water partition coefficient (Wildman–Crippen LogP) is 2.00. The van der Waals surface area contributed by atoms with E-state index in [4.69, 9.17) is 9.26 Å². The molecule has 2 amide bonds. The quantitative estimate of drug-likeness (QED) is 0.852. The molecule has 0 saturated heterocycles. The molecule has 1 aromatic heterocycles. The van der Waals surface area contributed by atoms with E-state index in [1.54, 1.807) is 0 Å². The lowest BCUT2D eigenvalue weighted by Gasteiger charge is -2.39. The zero-order chi connectivity index (χ0) is 17.4. The molecule has 2 fully saturated rings. The molecule has 1 aromatic rings. The highest BCUT2D eigenvalue weighted by Crippen LogP contribution is 2.40. The fourth-order valence-corrected chi connectivity index (χ4v) is 2.61. The fourth-order valence-electron chi connectivity index (χ4n) is 2.61. The number of rotatable bonds is 5. The van der Waals surface area contributed by atoms with Crippen LogP contribution in [-0.4, -0.2) is 27.7 Å². The van der Waals surface area contributed by atoms with Gasteiger partial charge >= 0.3 is 6.09 Å². The van der Waals surface area contributed by atoms with Gasteiger partial charge in [0, 0.05) is 5.92 Å². The van der Waals surface area contributed by atoms with E-state index in [1.807, 2.05) is 20.8 Å². The first kappa shape index (κ1) is 16.7. The van der Waals surface area contributed by atoms with Crippen LogP contribution >= 0.6 is 0 Å². The second-order valence-electron chi connectivity index (χ2n) is 7.57. The van der Waals surface area contributed by atoms with Gasteiger partial charge in [-0.05, 0) is 52.9 Å². The molecule has 0 atom stereocenters. The first-order chi connectivity index (χ1) is 11.3. The number of alkyl carbamates (subject to hydrolysis) is 1. The molecule has 2 aliphatic rings. The van der Waals surface area contributed by atoms with E-state index < -0.39 is 17.2 Å². The summed E-state index contributed by atoms with van der Waals surface area (Å²) >= 11 is 0. The minimum Gasteiger partial charge on any atom is -0.444 e. The maximum Gasteiger partial charge on any atom is 0.408 e. The third-order valence-corrected chi connectivity index (χ3v) is 4.21. The Hall–Kier alpha value is -2.12. The third-order valence-electron chi connectivity index (χ3n) is 4.21. The van der Waals surface area contributed by atoms with Gasteiger partial charge in [0.25, 0.3) is 0 Å². The smallest absolute Gasteiger partial charge is 0.408 e. The molecule has 8 heteroatoms. The molecule has 8 nitrogen and oxygen atoms in total. The van der Waals surface area contributed by atoms with Gasteiger partial charge in [-0.2, -0.15) is 4.98 Å². The van der Waals surface area contributed by atoms with E-state index in [2.05, 4.69) is 20.8 Å². The Labute approximate surface area is 140 Å². The van der Waals surface area contributed by atoms with E-state index in [-0.39, 0.29) is 18.4 Å². The topological polar surface area (TPSA) is 106 Å². The van der Waals surface area contributed by atoms with E-state index >= 15 is 0 Å². The molecule has 2 aliphatic carbocycles. The Bertz CT molecular complexity index is 626. The number of carbonyl (C=O) groups excluding carboxylic acids is 2. The Balaban J connectivity index is 1.60. The molecule has 0 radical (unpaired) electrons. The molecule has 0 bridgehead atoms. The highest BCUT2D eigenvalue weighted by Gasteiger charge is 2.45. The summed E-state index contributed by atoms with van der Waals surface area (Å²) in [5.74, 6) is 0.950. The predicted molar refractivity (Wildman–Crippen MR) is 83.8 cm³/mol. The molecule has 2 saturated carbocycles. The number of nitrogens with zero attached hydrogens (tertiary/aromatic N) is 2. The third kappa shape index (κ3) is 3.85. The minimum absolute atomic E-state index is 0.0278. The highest BCUT2D eigenvalue weighted by molar-refractivity contribution is 5.80. The summed E-state index contributed by atoms with van der Waals surface area (Å²) in [5, 5.41) is 9.65. The van der Waals surface area contributed by atoms with Gasteiger partial charge in [0.2, 0.25) is 11.8 Å². The van der Waals surface area contributed by atoms with Crippen molar-refractivity contribution in [2.24, 2.45) is 5.92 Å². The van der Waals surface area contributed by atoms with E-state index in [0.29, 0.717) is 11.7 Å². The van der Waals surface area contributed by atoms with Crippen molar-refractivity contribution in [2.45, 2.75) is 70.6 Å². The molecule has 0 aromatic carbocycles. The summed E-state index contributed by atoms with van der Waals surface area (Å²) in [4.78, 5) is 28.1. The van der Waals surface area contributed by atoms with E-state index in [9.17, 15) is 9.59 Å². The van der Waals surface area contributed by atoms with Crippen LogP contribution in [0.1, 0.15) is 64.6 Å². The maximum absolute atomic E-state index is 12.1. The molecule has 1 heterocycles. The number of hydrogen-bond donors (Lipinski definition) is 2. The van der Waals surface area contributed by atoms with Crippen molar-refractivity contribution in [3.8, 4) is 0 Å². The number of nitrogens with one attached hydrogen (secondary N) is 2. The monoisotopic (exact) mass is 336 g/mol. The molecule has 0 unspecified atom stereocenters. The van der Waals surface area contributed by atoms with E-state index in [1.165, 1.54) is 0 Å². The van der Waals surface area contributed by atoms with Gasteiger partial charge < -0.3 is 19.9 Å². The van der Waals surface area contributed by atoms with Crippen LogP contribution in [0.2, 0.25) is 0 Å². The molecule has 132 valence electrons. The number of hydrogen-bond acceptors (Lipinski definition) is 6. The number of aromatic nitrogens is 2. The average molecular weight is 336 g/mol. The molecular formula is C16H24N4O4. The van der Waals surface area contributed by atoms with Gasteiger partial charge in [0.05, 0.1) is 6.54 Å². The molecule has 0 aliphatic heterocycles. The summed E-state index contributed by atoms with van der Waals surface area (Å²) < 4.78 is 10.5. The number of ether oxygens (including phenoxy) is 1. The molecule has 0 spiro atoms. The van der Waals surface area contributed by atoms with Crippen molar-refractivity contribution >= 4 is 12.0 Å². The zero-order valence-corrected chi connectivity index (χ0v) is 14.3. The SMILES string of the molecule is CC(C)(C)OC(=O)NC1(c2noc(CNC(=O)C3CC3)n2)CCC1. The first-order valence-electron chi connectivity index (χ1n) is 8.39. The highest BCUT2D eigenvalue weighted by atomic mass is 16.6. The van der Waals surface area contributed by atoms with Crippen molar-refractivity contribution in [1.82, 2.24) is 20.8 Å². The van der Waals surface area contributed by atoms with Gasteiger partial charge in [-0.1, -0.05) is 5.16 Å². The van der Waals surface area contributed by atoms with Crippen molar-refractivity contribution in [1.29, 1.82) is 0 Å². The van der Waals surface area contributed by atoms with E-state index in [0.717, 1.165) is 32.1 Å². The molecule has 3 rings (SSSR count). The van der Waals surface area contributed by atoms with Crippen LogP contribution in [-0.2, 0) is 21.6 Å². The van der Waals surface area contributed by atoms with Crippen molar-refractivity contribution in [3.63, 3.8) is 0 Å². The summed E-state index contributed by atoms with van der Waals surface area (Å²) in [6.07, 6.45) is 3.85. The second kappa shape index (κ2) is 6.07. The molecular weight excluding hydrogens is 312 g/mol. The fraction of sp³-hybridized carbons (Fsp3) is 0.750. The number of amides is 2. The minimum atomic E-state index is -0.634. The van der Waals surface area contributed by atoms with Gasteiger partial charge in [-0.3, -0.25) is 4.79 Å². The van der Waals surface area contributed by atoms with Crippen LogP contribution in [0.25, 0.3) is 0 Å². The van der Waals surface area contributed by atoms with Crippen LogP contribution in [0, 0.1) is 5.92 Å². The molecule has 24 heavy (non-hydrogen) atoms. The van der Waals surface area contributed by atoms with Crippen molar-refractivity contribution < 1.29 is 18.8 Å². The Morgan fingerprint density at radius 1 is 1.33 bits per heavy atom. The van der Waals surface area contributed by atoms with Crippen LogP contribution in [0.5, 0.6) is 0 Å². The second-order valence-corrected chi connectivity index (χ2v) is 7.57. The Kier molecular flexibility index (Phi) is 4.23. The number of carbonyl (C=O) groups is 2. The first-order valence-corrected chi connectivity index (χ1v) is 8.39. The lowest BCUT2D eigenvalue weighted by Crippen LogP contribution is -2.52. The van der Waals surface area contributed by atoms with Crippen molar-refractivity contribution in [3.05, 3.63) is 11.7 Å². The van der Waals surface area contributed by atoms with Gasteiger partial charge in [0.1, 0.15) is 11.1 Å². The average Bonchev–Trinajstić information content (AvgIpc) is 3.18. The van der Waals surface area contributed by atoms with Gasteiger partial charge in [-0.25, -0.2) is 4.79 Å². The van der Waals surface area contributed by atoms with Crippen molar-refractivity contribution in [2.75, 3.05) is 0 Å². The lowest BCUT2D eigenvalue weighted by atomic mass is 9.76. The summed E-state index contributed by atoms with van der Waals surface area (Å²) in [6, 6.07) is 0. The van der Waals surface area contributed by atoms with Crippen LogP contribution in [0.4, 0.5) is 4.79 Å². The normalized spacial score (nSPS) is 19.3. The summed E-state index contributed by atoms with van der Waals surface area (Å²) in [6.45, 7) is 5.66. The summed E-state index contributed by atoms with van der Waals surface area (Å²) in [5.41, 5.74) is -1.20.